The lowest BCUT2D eigenvalue weighted by atomic mass is 9.99. The van der Waals surface area contributed by atoms with Gasteiger partial charge in [0.2, 0.25) is 11.2 Å². The molecule has 4 rings (SSSR count). The van der Waals surface area contributed by atoms with Gasteiger partial charge in [-0.3, -0.25) is 0 Å². The van der Waals surface area contributed by atoms with Crippen molar-refractivity contribution in [1.29, 1.82) is 0 Å². The molecule has 0 unspecified atom stereocenters. The van der Waals surface area contributed by atoms with E-state index >= 15 is 0 Å². The Morgan fingerprint density at radius 3 is 2.35 bits per heavy atom. The highest BCUT2D eigenvalue weighted by Crippen LogP contribution is 2.33. The average Bonchev–Trinajstić information content (AvgIpc) is 2.56. The van der Waals surface area contributed by atoms with Gasteiger partial charge < -0.3 is 5.11 Å². The van der Waals surface area contributed by atoms with Crippen molar-refractivity contribution in [3.8, 4) is 17.0 Å². The molecule has 0 amide bonds. The number of benzene rings is 3. The van der Waals surface area contributed by atoms with Gasteiger partial charge in [-0.25, -0.2) is 0 Å². The van der Waals surface area contributed by atoms with Crippen molar-refractivity contribution in [1.82, 2.24) is 0 Å². The molecule has 3 aromatic carbocycles. The van der Waals surface area contributed by atoms with Gasteiger partial charge in [-0.05, 0) is 48.5 Å². The molecule has 0 aliphatic rings. The summed E-state index contributed by atoms with van der Waals surface area (Å²) >= 11 is 6.03. The second kappa shape index (κ2) is 5.25. The van der Waals surface area contributed by atoms with Gasteiger partial charge in [0.25, 0.3) is 0 Å². The van der Waals surface area contributed by atoms with E-state index in [2.05, 4.69) is 23.7 Å². The summed E-state index contributed by atoms with van der Waals surface area (Å²) in [5.74, 6) is 0.267. The number of phenols is 1. The first-order valence-corrected chi connectivity index (χ1v) is 7.82. The van der Waals surface area contributed by atoms with E-state index in [-0.39, 0.29) is 5.75 Å². The number of pyridine rings is 1. The van der Waals surface area contributed by atoms with Gasteiger partial charge in [0, 0.05) is 22.0 Å². The Kier molecular flexibility index (Phi) is 3.21. The fourth-order valence-electron chi connectivity index (χ4n) is 3.21. The van der Waals surface area contributed by atoms with Crippen LogP contribution in [0, 0.1) is 0 Å². The molecule has 0 atom stereocenters. The standard InChI is InChI=1S/C20H14ClNO/c1-22-19-5-3-2-4-17(19)16-11-10-15(23)12-18(16)20(22)13-6-8-14(21)9-7-13/h2-12H,1H3/p+1. The monoisotopic (exact) mass is 320 g/mol. The fraction of sp³-hybridized carbons (Fsp3) is 0.0500. The van der Waals surface area contributed by atoms with E-state index in [0.717, 1.165) is 27.5 Å². The second-order valence-corrected chi connectivity index (χ2v) is 6.10. The van der Waals surface area contributed by atoms with Crippen molar-refractivity contribution in [2.75, 3.05) is 0 Å². The van der Waals surface area contributed by atoms with Crippen molar-refractivity contribution in [2.45, 2.75) is 0 Å². The van der Waals surface area contributed by atoms with Crippen LogP contribution in [0.1, 0.15) is 0 Å². The van der Waals surface area contributed by atoms with Gasteiger partial charge in [-0.15, -0.1) is 0 Å². The molecule has 0 saturated heterocycles. The number of aromatic nitrogens is 1. The molecular formula is C20H15ClNO+. The summed E-state index contributed by atoms with van der Waals surface area (Å²) in [6, 6.07) is 21.6. The summed E-state index contributed by atoms with van der Waals surface area (Å²) in [5, 5.41) is 14.0. The maximum Gasteiger partial charge on any atom is 0.220 e. The largest absolute Gasteiger partial charge is 0.508 e. The Bertz CT molecular complexity index is 1040. The highest BCUT2D eigenvalue weighted by molar-refractivity contribution is 6.30. The van der Waals surface area contributed by atoms with E-state index in [9.17, 15) is 5.11 Å². The molecule has 0 saturated carbocycles. The minimum Gasteiger partial charge on any atom is -0.508 e. The fourth-order valence-corrected chi connectivity index (χ4v) is 3.34. The summed E-state index contributed by atoms with van der Waals surface area (Å²) in [6.45, 7) is 0. The molecular weight excluding hydrogens is 306 g/mol. The molecule has 1 aromatic heterocycles. The summed E-state index contributed by atoms with van der Waals surface area (Å²) in [4.78, 5) is 0. The van der Waals surface area contributed by atoms with Crippen LogP contribution < -0.4 is 4.57 Å². The molecule has 3 heteroatoms. The van der Waals surface area contributed by atoms with Crippen molar-refractivity contribution >= 4 is 33.3 Å². The zero-order valence-corrected chi connectivity index (χ0v) is 13.4. The molecule has 4 aromatic rings. The van der Waals surface area contributed by atoms with Crippen molar-refractivity contribution in [3.05, 3.63) is 71.8 Å². The lowest BCUT2D eigenvalue weighted by Crippen LogP contribution is -2.32. The summed E-state index contributed by atoms with van der Waals surface area (Å²) in [5.41, 5.74) is 3.28. The highest BCUT2D eigenvalue weighted by Gasteiger charge is 2.20. The molecule has 1 N–H and O–H groups in total. The molecule has 0 radical (unpaired) electrons. The lowest BCUT2D eigenvalue weighted by molar-refractivity contribution is -0.632. The van der Waals surface area contributed by atoms with E-state index in [1.54, 1.807) is 6.07 Å². The van der Waals surface area contributed by atoms with Crippen LogP contribution in [0.5, 0.6) is 5.75 Å². The number of phenolic OH excluding ortho intramolecular Hbond substituents is 1. The molecule has 0 aliphatic carbocycles. The second-order valence-electron chi connectivity index (χ2n) is 5.66. The van der Waals surface area contributed by atoms with Gasteiger partial charge in [0.05, 0.1) is 10.8 Å². The molecule has 112 valence electrons. The Balaban J connectivity index is 2.21. The van der Waals surface area contributed by atoms with Crippen LogP contribution in [0.15, 0.2) is 66.7 Å². The number of para-hydroxylation sites is 1. The Morgan fingerprint density at radius 1 is 0.826 bits per heavy atom. The minimum absolute atomic E-state index is 0.267. The van der Waals surface area contributed by atoms with Crippen LogP contribution in [0.2, 0.25) is 5.02 Å². The maximum absolute atomic E-state index is 9.98. The van der Waals surface area contributed by atoms with Crippen LogP contribution in [0.4, 0.5) is 0 Å². The van der Waals surface area contributed by atoms with Crippen LogP contribution in [0.25, 0.3) is 32.9 Å². The number of aryl methyl sites for hydroxylation is 1. The number of hydrogen-bond donors (Lipinski definition) is 1. The third-order valence-corrected chi connectivity index (χ3v) is 4.52. The van der Waals surface area contributed by atoms with Gasteiger partial charge in [0.15, 0.2) is 0 Å². The Morgan fingerprint density at radius 2 is 1.57 bits per heavy atom. The maximum atomic E-state index is 9.98. The van der Waals surface area contributed by atoms with Crippen LogP contribution in [0.3, 0.4) is 0 Å². The highest BCUT2D eigenvalue weighted by atomic mass is 35.5. The topological polar surface area (TPSA) is 24.1 Å². The quantitative estimate of drug-likeness (QED) is 0.393. The summed E-state index contributed by atoms with van der Waals surface area (Å²) in [7, 11) is 2.05. The van der Waals surface area contributed by atoms with E-state index in [1.165, 1.54) is 5.39 Å². The molecule has 0 spiro atoms. The first kappa shape index (κ1) is 14.0. The lowest BCUT2D eigenvalue weighted by Gasteiger charge is -2.10. The molecule has 2 nitrogen and oxygen atoms in total. The molecule has 0 fully saturated rings. The van der Waals surface area contributed by atoms with Gasteiger partial charge in [-0.1, -0.05) is 23.7 Å². The zero-order valence-electron chi connectivity index (χ0n) is 12.6. The number of halogens is 1. The van der Waals surface area contributed by atoms with E-state index < -0.39 is 0 Å². The Hall–Kier alpha value is -2.58. The van der Waals surface area contributed by atoms with Crippen molar-refractivity contribution < 1.29 is 9.67 Å². The van der Waals surface area contributed by atoms with E-state index in [0.29, 0.717) is 5.02 Å². The first-order chi connectivity index (χ1) is 11.1. The zero-order chi connectivity index (χ0) is 16.0. The smallest absolute Gasteiger partial charge is 0.220 e. The summed E-state index contributed by atoms with van der Waals surface area (Å²) in [6.07, 6.45) is 0. The number of fused-ring (bicyclic) bond motifs is 3. The van der Waals surface area contributed by atoms with E-state index in [4.69, 9.17) is 11.6 Å². The molecule has 0 bridgehead atoms. The van der Waals surface area contributed by atoms with Crippen LogP contribution >= 0.6 is 11.6 Å². The molecule has 1 heterocycles. The minimum atomic E-state index is 0.267. The van der Waals surface area contributed by atoms with Crippen molar-refractivity contribution in [2.24, 2.45) is 7.05 Å². The summed E-state index contributed by atoms with van der Waals surface area (Å²) < 4.78 is 2.17. The van der Waals surface area contributed by atoms with E-state index in [1.807, 2.05) is 48.5 Å². The third kappa shape index (κ3) is 2.23. The molecule has 0 aliphatic heterocycles. The first-order valence-electron chi connectivity index (χ1n) is 7.44. The predicted octanol–water partition coefficient (Wildman–Crippen LogP) is 4.84. The number of nitrogens with zero attached hydrogens (tertiary/aromatic N) is 1. The number of aromatic hydroxyl groups is 1. The third-order valence-electron chi connectivity index (χ3n) is 4.27. The number of rotatable bonds is 1. The average molecular weight is 321 g/mol. The van der Waals surface area contributed by atoms with Crippen LogP contribution in [-0.2, 0) is 7.05 Å². The van der Waals surface area contributed by atoms with Gasteiger partial charge in [-0.2, -0.15) is 4.57 Å². The van der Waals surface area contributed by atoms with Gasteiger partial charge >= 0.3 is 0 Å². The SMILES string of the molecule is C[n+]1c(-c2ccc(Cl)cc2)c2cc(O)ccc2c2ccccc21. The van der Waals surface area contributed by atoms with Crippen molar-refractivity contribution in [3.63, 3.8) is 0 Å². The Labute approximate surface area is 139 Å². The van der Waals surface area contributed by atoms with Crippen LogP contribution in [-0.4, -0.2) is 5.11 Å². The predicted molar refractivity (Wildman–Crippen MR) is 94.7 cm³/mol. The normalized spacial score (nSPS) is 11.2. The van der Waals surface area contributed by atoms with Gasteiger partial charge in [0.1, 0.15) is 12.8 Å². The molecule has 23 heavy (non-hydrogen) atoms. The number of hydrogen-bond acceptors (Lipinski definition) is 1.